The van der Waals surface area contributed by atoms with Crippen molar-refractivity contribution in [2.24, 2.45) is 0 Å². The van der Waals surface area contributed by atoms with Crippen LogP contribution in [0.5, 0.6) is 5.75 Å². The summed E-state index contributed by atoms with van der Waals surface area (Å²) in [5.41, 5.74) is 1.38. The molecule has 3 amide bonds. The largest absolute Gasteiger partial charge is 0.488 e. The van der Waals surface area contributed by atoms with Crippen molar-refractivity contribution in [1.82, 2.24) is 10.2 Å². The second-order valence-corrected chi connectivity index (χ2v) is 9.47. The molecule has 0 aliphatic carbocycles. The standard InChI is InChI=1S/C22H28BrN3O5/c1-22(2,3)31-21(29)26-10-8-14(9-11-26)13-30-18-6-4-15(12-16(18)23)24-17-5-7-19(27)25-20(17)28/h4,6,8,12,17,24H,5,7,9-11,13H2,1-3H3,(H,25,27,28). The highest BCUT2D eigenvalue weighted by molar-refractivity contribution is 9.10. The van der Waals surface area contributed by atoms with E-state index in [1.165, 1.54) is 0 Å². The Hall–Kier alpha value is -2.55. The van der Waals surface area contributed by atoms with E-state index < -0.39 is 11.6 Å². The normalized spacial score (nSPS) is 19.4. The van der Waals surface area contributed by atoms with Gasteiger partial charge in [-0.2, -0.15) is 0 Å². The number of amides is 3. The molecule has 0 bridgehead atoms. The first-order valence-corrected chi connectivity index (χ1v) is 11.1. The van der Waals surface area contributed by atoms with Gasteiger partial charge in [0.1, 0.15) is 24.0 Å². The summed E-state index contributed by atoms with van der Waals surface area (Å²) in [5.74, 6) is 0.140. The molecule has 2 N–H and O–H groups in total. The quantitative estimate of drug-likeness (QED) is 0.480. The van der Waals surface area contributed by atoms with E-state index in [1.807, 2.05) is 45.0 Å². The molecule has 1 fully saturated rings. The Morgan fingerprint density at radius 3 is 2.68 bits per heavy atom. The Labute approximate surface area is 190 Å². The minimum absolute atomic E-state index is 0.237. The summed E-state index contributed by atoms with van der Waals surface area (Å²) < 4.78 is 12.1. The first-order chi connectivity index (χ1) is 14.6. The molecular weight excluding hydrogens is 466 g/mol. The van der Waals surface area contributed by atoms with Crippen LogP contribution in [0.3, 0.4) is 0 Å². The molecule has 1 aromatic carbocycles. The number of nitrogens with one attached hydrogen (secondary N) is 2. The number of carbonyl (C=O) groups excluding carboxylic acids is 3. The molecule has 2 aliphatic heterocycles. The average Bonchev–Trinajstić information content (AvgIpc) is 2.68. The number of ether oxygens (including phenoxy) is 2. The van der Waals surface area contributed by atoms with E-state index in [9.17, 15) is 14.4 Å². The molecule has 1 unspecified atom stereocenters. The van der Waals surface area contributed by atoms with Crippen LogP contribution in [-0.4, -0.2) is 54.1 Å². The summed E-state index contributed by atoms with van der Waals surface area (Å²) in [6.45, 7) is 7.10. The lowest BCUT2D eigenvalue weighted by Gasteiger charge is -2.29. The van der Waals surface area contributed by atoms with Gasteiger partial charge in [-0.1, -0.05) is 6.08 Å². The molecule has 168 valence electrons. The van der Waals surface area contributed by atoms with E-state index in [-0.39, 0.29) is 17.9 Å². The monoisotopic (exact) mass is 493 g/mol. The van der Waals surface area contributed by atoms with Crippen molar-refractivity contribution in [3.05, 3.63) is 34.3 Å². The van der Waals surface area contributed by atoms with E-state index in [0.717, 1.165) is 22.2 Å². The highest BCUT2D eigenvalue weighted by Gasteiger charge is 2.26. The Morgan fingerprint density at radius 1 is 1.29 bits per heavy atom. The maximum absolute atomic E-state index is 12.1. The van der Waals surface area contributed by atoms with Crippen molar-refractivity contribution in [3.63, 3.8) is 0 Å². The lowest BCUT2D eigenvalue weighted by molar-refractivity contribution is -0.133. The molecule has 31 heavy (non-hydrogen) atoms. The number of carbonyl (C=O) groups is 3. The zero-order valence-corrected chi connectivity index (χ0v) is 19.6. The zero-order chi connectivity index (χ0) is 22.6. The zero-order valence-electron chi connectivity index (χ0n) is 18.0. The van der Waals surface area contributed by atoms with Gasteiger partial charge in [-0.05, 0) is 73.3 Å². The van der Waals surface area contributed by atoms with Crippen LogP contribution in [0.15, 0.2) is 34.3 Å². The maximum atomic E-state index is 12.1. The number of benzene rings is 1. The predicted octanol–water partition coefficient (Wildman–Crippen LogP) is 3.61. The molecule has 0 saturated carbocycles. The molecule has 1 atom stereocenters. The van der Waals surface area contributed by atoms with Gasteiger partial charge < -0.3 is 19.7 Å². The van der Waals surface area contributed by atoms with Gasteiger partial charge in [-0.25, -0.2) is 4.79 Å². The van der Waals surface area contributed by atoms with Crippen LogP contribution < -0.4 is 15.4 Å². The number of rotatable bonds is 5. The highest BCUT2D eigenvalue weighted by atomic mass is 79.9. The topological polar surface area (TPSA) is 97.0 Å². The van der Waals surface area contributed by atoms with Crippen molar-refractivity contribution in [2.45, 2.75) is 51.7 Å². The first-order valence-electron chi connectivity index (χ1n) is 10.3. The summed E-state index contributed by atoms with van der Waals surface area (Å²) in [7, 11) is 0. The van der Waals surface area contributed by atoms with Crippen molar-refractivity contribution >= 4 is 39.5 Å². The molecule has 2 aliphatic rings. The van der Waals surface area contributed by atoms with Gasteiger partial charge in [0.2, 0.25) is 11.8 Å². The van der Waals surface area contributed by atoms with Crippen LogP contribution in [0.25, 0.3) is 0 Å². The lowest BCUT2D eigenvalue weighted by Crippen LogP contribution is -2.47. The van der Waals surface area contributed by atoms with E-state index in [4.69, 9.17) is 9.47 Å². The van der Waals surface area contributed by atoms with Gasteiger partial charge in [-0.15, -0.1) is 0 Å². The fraction of sp³-hybridized carbons (Fsp3) is 0.500. The number of anilines is 1. The number of piperidine rings is 1. The lowest BCUT2D eigenvalue weighted by atomic mass is 10.1. The third-order valence-corrected chi connectivity index (χ3v) is 5.50. The summed E-state index contributed by atoms with van der Waals surface area (Å²) in [4.78, 5) is 37.0. The van der Waals surface area contributed by atoms with Gasteiger partial charge in [0.05, 0.1) is 4.47 Å². The second kappa shape index (κ2) is 9.72. The van der Waals surface area contributed by atoms with Crippen molar-refractivity contribution in [2.75, 3.05) is 25.0 Å². The fourth-order valence-electron chi connectivity index (χ4n) is 3.25. The molecule has 9 heteroatoms. The van der Waals surface area contributed by atoms with Crippen LogP contribution in [0, 0.1) is 0 Å². The van der Waals surface area contributed by atoms with Crippen molar-refractivity contribution in [1.29, 1.82) is 0 Å². The maximum Gasteiger partial charge on any atom is 0.410 e. The van der Waals surface area contributed by atoms with Crippen LogP contribution in [-0.2, 0) is 14.3 Å². The summed E-state index contributed by atoms with van der Waals surface area (Å²) >= 11 is 3.51. The number of imide groups is 1. The van der Waals surface area contributed by atoms with E-state index >= 15 is 0 Å². The Morgan fingerprint density at radius 2 is 2.06 bits per heavy atom. The van der Waals surface area contributed by atoms with Gasteiger partial charge in [0, 0.05) is 25.2 Å². The minimum Gasteiger partial charge on any atom is -0.488 e. The molecule has 3 rings (SSSR count). The minimum atomic E-state index is -0.504. The molecule has 2 heterocycles. The van der Waals surface area contributed by atoms with E-state index in [0.29, 0.717) is 38.3 Å². The van der Waals surface area contributed by atoms with Gasteiger partial charge in [0.25, 0.3) is 0 Å². The number of hydrogen-bond donors (Lipinski definition) is 2. The third-order valence-electron chi connectivity index (χ3n) is 4.88. The molecule has 1 aromatic rings. The van der Waals surface area contributed by atoms with Crippen LogP contribution in [0.4, 0.5) is 10.5 Å². The predicted molar refractivity (Wildman–Crippen MR) is 120 cm³/mol. The van der Waals surface area contributed by atoms with Crippen LogP contribution >= 0.6 is 15.9 Å². The summed E-state index contributed by atoms with van der Waals surface area (Å²) in [6, 6.07) is 5.08. The fourth-order valence-corrected chi connectivity index (χ4v) is 3.74. The Bertz CT molecular complexity index is 894. The third kappa shape index (κ3) is 6.72. The number of halogens is 1. The molecule has 0 radical (unpaired) electrons. The van der Waals surface area contributed by atoms with Crippen LogP contribution in [0.2, 0.25) is 0 Å². The average molecular weight is 494 g/mol. The Balaban J connectivity index is 1.50. The molecular formula is C22H28BrN3O5. The van der Waals surface area contributed by atoms with E-state index in [1.54, 1.807) is 4.90 Å². The van der Waals surface area contributed by atoms with Gasteiger partial charge in [0.15, 0.2) is 0 Å². The summed E-state index contributed by atoms with van der Waals surface area (Å²) in [6.07, 6.45) is 3.22. The summed E-state index contributed by atoms with van der Waals surface area (Å²) in [5, 5.41) is 5.48. The molecule has 8 nitrogen and oxygen atoms in total. The molecule has 0 spiro atoms. The van der Waals surface area contributed by atoms with Crippen molar-refractivity contribution < 1.29 is 23.9 Å². The van der Waals surface area contributed by atoms with Gasteiger partial charge >= 0.3 is 6.09 Å². The number of hydrogen-bond acceptors (Lipinski definition) is 6. The number of nitrogens with zero attached hydrogens (tertiary/aromatic N) is 1. The van der Waals surface area contributed by atoms with Crippen LogP contribution in [0.1, 0.15) is 40.0 Å². The Kier molecular flexibility index (Phi) is 7.25. The van der Waals surface area contributed by atoms with Gasteiger partial charge in [-0.3, -0.25) is 14.9 Å². The molecule has 1 saturated heterocycles. The second-order valence-electron chi connectivity index (χ2n) is 8.62. The molecule has 0 aromatic heterocycles. The van der Waals surface area contributed by atoms with Crippen molar-refractivity contribution in [3.8, 4) is 5.75 Å². The first kappa shape index (κ1) is 23.1. The van der Waals surface area contributed by atoms with E-state index in [2.05, 4.69) is 26.6 Å². The SMILES string of the molecule is CC(C)(C)OC(=O)N1CC=C(COc2ccc(NC3CCC(=O)NC3=O)cc2Br)CC1. The highest BCUT2D eigenvalue weighted by Crippen LogP contribution is 2.29. The smallest absolute Gasteiger partial charge is 0.410 e.